The summed E-state index contributed by atoms with van der Waals surface area (Å²) >= 11 is 6.55. The van der Waals surface area contributed by atoms with Gasteiger partial charge >= 0.3 is 0 Å². The maximum absolute atomic E-state index is 13.6. The van der Waals surface area contributed by atoms with Crippen molar-refractivity contribution in [3.05, 3.63) is 99.8 Å². The lowest BCUT2D eigenvalue weighted by atomic mass is 10.0. The first-order valence-electron chi connectivity index (χ1n) is 9.85. The predicted octanol–water partition coefficient (Wildman–Crippen LogP) is 6.13. The van der Waals surface area contributed by atoms with Gasteiger partial charge in [0.05, 0.1) is 16.8 Å². The van der Waals surface area contributed by atoms with E-state index in [4.69, 9.17) is 11.6 Å². The Morgan fingerprint density at radius 1 is 0.900 bits per heavy atom. The highest BCUT2D eigenvalue weighted by Gasteiger charge is 2.30. The lowest BCUT2D eigenvalue weighted by Gasteiger charge is -2.43. The van der Waals surface area contributed by atoms with Gasteiger partial charge in [0, 0.05) is 26.2 Å². The van der Waals surface area contributed by atoms with Gasteiger partial charge in [-0.2, -0.15) is 0 Å². The SMILES string of the molecule is Cc1ccc(N2CCN(Cc3ccc(F)c(F)c3)CC2c2ccc(F)cc2)c(Cl)c1. The first kappa shape index (κ1) is 20.8. The van der Waals surface area contributed by atoms with Crippen LogP contribution in [0.25, 0.3) is 0 Å². The van der Waals surface area contributed by atoms with E-state index in [9.17, 15) is 13.2 Å². The summed E-state index contributed by atoms with van der Waals surface area (Å²) in [5.74, 6) is -1.97. The van der Waals surface area contributed by atoms with Gasteiger partial charge in [-0.05, 0) is 60.0 Å². The minimum atomic E-state index is -0.846. The first-order valence-corrected chi connectivity index (χ1v) is 10.2. The van der Waals surface area contributed by atoms with Crippen molar-refractivity contribution in [1.29, 1.82) is 0 Å². The van der Waals surface area contributed by atoms with Crippen LogP contribution < -0.4 is 4.90 Å². The Morgan fingerprint density at radius 3 is 2.37 bits per heavy atom. The molecule has 0 radical (unpaired) electrons. The number of aryl methyl sites for hydroxylation is 1. The Hall–Kier alpha value is -2.50. The van der Waals surface area contributed by atoms with E-state index in [0.717, 1.165) is 29.4 Å². The summed E-state index contributed by atoms with van der Waals surface area (Å²) in [5.41, 5.74) is 3.71. The molecule has 6 heteroatoms. The molecule has 0 spiro atoms. The standard InChI is InChI=1S/C24H22ClF3N2/c1-16-2-9-23(20(25)12-16)30-11-10-29(14-17-3-8-21(27)22(28)13-17)15-24(30)18-4-6-19(26)7-5-18/h2-9,12-13,24H,10-11,14-15H2,1H3. The zero-order chi connectivity index (χ0) is 21.3. The van der Waals surface area contributed by atoms with E-state index in [1.807, 2.05) is 25.1 Å². The van der Waals surface area contributed by atoms with E-state index in [-0.39, 0.29) is 11.9 Å². The number of anilines is 1. The molecule has 1 saturated heterocycles. The van der Waals surface area contributed by atoms with Crippen LogP contribution in [0.2, 0.25) is 5.02 Å². The summed E-state index contributed by atoms with van der Waals surface area (Å²) in [6.07, 6.45) is 0. The Labute approximate surface area is 179 Å². The minimum absolute atomic E-state index is 0.0511. The monoisotopic (exact) mass is 430 g/mol. The van der Waals surface area contributed by atoms with Gasteiger partial charge in [-0.15, -0.1) is 0 Å². The maximum Gasteiger partial charge on any atom is 0.159 e. The molecule has 4 rings (SSSR count). The van der Waals surface area contributed by atoms with Gasteiger partial charge in [0.2, 0.25) is 0 Å². The van der Waals surface area contributed by atoms with Gasteiger partial charge in [0.25, 0.3) is 0 Å². The highest BCUT2D eigenvalue weighted by atomic mass is 35.5. The quantitative estimate of drug-likeness (QED) is 0.491. The second kappa shape index (κ2) is 8.70. The number of nitrogens with zero attached hydrogens (tertiary/aromatic N) is 2. The summed E-state index contributed by atoms with van der Waals surface area (Å²) in [5, 5.41) is 0.677. The van der Waals surface area contributed by atoms with Crippen LogP contribution in [-0.2, 0) is 6.54 Å². The molecule has 30 heavy (non-hydrogen) atoms. The van der Waals surface area contributed by atoms with Gasteiger partial charge < -0.3 is 4.90 Å². The van der Waals surface area contributed by atoms with E-state index in [1.165, 1.54) is 18.2 Å². The molecule has 3 aromatic carbocycles. The number of hydrogen-bond acceptors (Lipinski definition) is 2. The molecule has 1 fully saturated rings. The number of piperazine rings is 1. The van der Waals surface area contributed by atoms with E-state index < -0.39 is 11.6 Å². The Balaban J connectivity index is 1.62. The van der Waals surface area contributed by atoms with Crippen LogP contribution in [0.15, 0.2) is 60.7 Å². The molecule has 0 bridgehead atoms. The molecule has 156 valence electrons. The molecule has 0 amide bonds. The molecule has 1 atom stereocenters. The number of halogens is 4. The van der Waals surface area contributed by atoms with Crippen LogP contribution in [-0.4, -0.2) is 24.5 Å². The molecule has 3 aromatic rings. The molecule has 0 aliphatic carbocycles. The van der Waals surface area contributed by atoms with Crippen molar-refractivity contribution in [1.82, 2.24) is 4.90 Å². The van der Waals surface area contributed by atoms with Crippen LogP contribution in [0.1, 0.15) is 22.7 Å². The highest BCUT2D eigenvalue weighted by molar-refractivity contribution is 6.33. The average molecular weight is 431 g/mol. The van der Waals surface area contributed by atoms with Crippen molar-refractivity contribution in [3.63, 3.8) is 0 Å². The summed E-state index contributed by atoms with van der Waals surface area (Å²) in [6, 6.07) is 16.4. The Morgan fingerprint density at radius 2 is 1.67 bits per heavy atom. The van der Waals surface area contributed by atoms with Crippen LogP contribution in [0.5, 0.6) is 0 Å². The smallest absolute Gasteiger partial charge is 0.159 e. The van der Waals surface area contributed by atoms with E-state index >= 15 is 0 Å². The third-order valence-electron chi connectivity index (χ3n) is 5.52. The number of rotatable bonds is 4. The topological polar surface area (TPSA) is 6.48 Å². The fourth-order valence-electron chi connectivity index (χ4n) is 3.98. The van der Waals surface area contributed by atoms with Gasteiger partial charge in [0.15, 0.2) is 11.6 Å². The lowest BCUT2D eigenvalue weighted by Crippen LogP contribution is -2.48. The van der Waals surface area contributed by atoms with Crippen molar-refractivity contribution in [2.75, 3.05) is 24.5 Å². The minimum Gasteiger partial charge on any atom is -0.361 e. The Bertz CT molecular complexity index is 1040. The van der Waals surface area contributed by atoms with Crippen LogP contribution >= 0.6 is 11.6 Å². The maximum atomic E-state index is 13.6. The molecule has 0 saturated carbocycles. The van der Waals surface area contributed by atoms with Crippen molar-refractivity contribution in [3.8, 4) is 0 Å². The van der Waals surface area contributed by atoms with Crippen molar-refractivity contribution in [2.24, 2.45) is 0 Å². The summed E-state index contributed by atoms with van der Waals surface area (Å²) in [7, 11) is 0. The molecular formula is C24H22ClF3N2. The van der Waals surface area contributed by atoms with Crippen molar-refractivity contribution < 1.29 is 13.2 Å². The molecule has 1 aliphatic rings. The molecule has 1 aliphatic heterocycles. The van der Waals surface area contributed by atoms with Gasteiger partial charge in [-0.1, -0.05) is 35.9 Å². The first-order chi connectivity index (χ1) is 14.4. The van der Waals surface area contributed by atoms with Gasteiger partial charge in [-0.3, -0.25) is 4.90 Å². The number of benzene rings is 3. The third kappa shape index (κ3) is 4.47. The fourth-order valence-corrected chi connectivity index (χ4v) is 4.33. The van der Waals surface area contributed by atoms with E-state index in [1.54, 1.807) is 18.2 Å². The van der Waals surface area contributed by atoms with Crippen LogP contribution in [0, 0.1) is 24.4 Å². The van der Waals surface area contributed by atoms with Crippen LogP contribution in [0.3, 0.4) is 0 Å². The zero-order valence-corrected chi connectivity index (χ0v) is 17.3. The average Bonchev–Trinajstić information content (AvgIpc) is 2.72. The lowest BCUT2D eigenvalue weighted by molar-refractivity contribution is 0.215. The molecule has 1 heterocycles. The number of hydrogen-bond donors (Lipinski definition) is 0. The van der Waals surface area contributed by atoms with Gasteiger partial charge in [-0.25, -0.2) is 13.2 Å². The van der Waals surface area contributed by atoms with Crippen molar-refractivity contribution >= 4 is 17.3 Å². The predicted molar refractivity (Wildman–Crippen MR) is 114 cm³/mol. The van der Waals surface area contributed by atoms with E-state index in [2.05, 4.69) is 9.80 Å². The zero-order valence-electron chi connectivity index (χ0n) is 16.6. The summed E-state index contributed by atoms with van der Waals surface area (Å²) in [6.45, 7) is 4.58. The molecule has 1 unspecified atom stereocenters. The fraction of sp³-hybridized carbons (Fsp3) is 0.250. The molecular weight excluding hydrogens is 409 g/mol. The second-order valence-electron chi connectivity index (χ2n) is 7.70. The van der Waals surface area contributed by atoms with Crippen molar-refractivity contribution in [2.45, 2.75) is 19.5 Å². The largest absolute Gasteiger partial charge is 0.361 e. The molecule has 0 aromatic heterocycles. The second-order valence-corrected chi connectivity index (χ2v) is 8.11. The summed E-state index contributed by atoms with van der Waals surface area (Å²) in [4.78, 5) is 4.43. The van der Waals surface area contributed by atoms with Gasteiger partial charge in [0.1, 0.15) is 5.82 Å². The third-order valence-corrected chi connectivity index (χ3v) is 5.82. The van der Waals surface area contributed by atoms with E-state index in [0.29, 0.717) is 30.2 Å². The molecule has 2 nitrogen and oxygen atoms in total. The highest BCUT2D eigenvalue weighted by Crippen LogP contribution is 2.36. The summed E-state index contributed by atoms with van der Waals surface area (Å²) < 4.78 is 40.4. The molecule has 0 N–H and O–H groups in total. The Kier molecular flexibility index (Phi) is 6.02. The normalized spacial score (nSPS) is 17.4. The van der Waals surface area contributed by atoms with Crippen LogP contribution in [0.4, 0.5) is 18.9 Å².